The van der Waals surface area contributed by atoms with E-state index in [2.05, 4.69) is 30.0 Å². The zero-order valence-electron chi connectivity index (χ0n) is 22.9. The summed E-state index contributed by atoms with van der Waals surface area (Å²) in [5.74, 6) is 1.38. The van der Waals surface area contributed by atoms with Gasteiger partial charge in [0.05, 0.1) is 12.7 Å². The molecule has 0 unspecified atom stereocenters. The van der Waals surface area contributed by atoms with Crippen LogP contribution in [0.15, 0.2) is 76.3 Å². The molecule has 8 nitrogen and oxygen atoms in total. The van der Waals surface area contributed by atoms with Gasteiger partial charge in [0.25, 0.3) is 5.91 Å². The van der Waals surface area contributed by atoms with E-state index in [0.717, 1.165) is 28.9 Å². The lowest BCUT2D eigenvalue weighted by Crippen LogP contribution is -2.35. The van der Waals surface area contributed by atoms with Gasteiger partial charge in [-0.25, -0.2) is 0 Å². The summed E-state index contributed by atoms with van der Waals surface area (Å²) in [6.45, 7) is 6.90. The molecule has 40 heavy (non-hydrogen) atoms. The van der Waals surface area contributed by atoms with E-state index in [0.29, 0.717) is 40.5 Å². The summed E-state index contributed by atoms with van der Waals surface area (Å²) in [7, 11) is 1.56. The number of rotatable bonds is 9. The van der Waals surface area contributed by atoms with Crippen LogP contribution in [0.1, 0.15) is 34.7 Å². The standard InChI is InChI=1S/C31H30N4O4S/c1-5-21-14-20(3)15-24(16-21)38-12-13-39-26-11-8-22(18-27(26)37-4)17-25-28(32)35-31(33-29(25)36)40-30(34-35)23-9-6-19(2)7-10-23/h6-11,14-18,32H,5,12-13H2,1-4H3/b25-17-,32-28?. The first-order chi connectivity index (χ1) is 19.3. The van der Waals surface area contributed by atoms with E-state index >= 15 is 0 Å². The van der Waals surface area contributed by atoms with Gasteiger partial charge in [0, 0.05) is 5.56 Å². The quantitative estimate of drug-likeness (QED) is 0.257. The number of fused-ring (bicyclic) bond motifs is 1. The zero-order valence-corrected chi connectivity index (χ0v) is 23.7. The summed E-state index contributed by atoms with van der Waals surface area (Å²) in [4.78, 5) is 17.0. The highest BCUT2D eigenvalue weighted by Crippen LogP contribution is 2.33. The minimum absolute atomic E-state index is 0.0246. The summed E-state index contributed by atoms with van der Waals surface area (Å²) in [6.07, 6.45) is 2.57. The molecule has 9 heteroatoms. The van der Waals surface area contributed by atoms with Crippen LogP contribution >= 0.6 is 11.8 Å². The van der Waals surface area contributed by atoms with Gasteiger partial charge in [-0.05, 0) is 79.1 Å². The minimum Gasteiger partial charge on any atom is -0.493 e. The number of hydrazone groups is 1. The first-order valence-electron chi connectivity index (χ1n) is 13.0. The molecule has 0 atom stereocenters. The van der Waals surface area contributed by atoms with E-state index < -0.39 is 5.91 Å². The molecule has 5 rings (SSSR count). The molecule has 2 heterocycles. The van der Waals surface area contributed by atoms with Gasteiger partial charge in [0.15, 0.2) is 17.3 Å². The maximum atomic E-state index is 12.9. The summed E-state index contributed by atoms with van der Waals surface area (Å²) in [6, 6.07) is 19.5. The molecular weight excluding hydrogens is 524 g/mol. The number of benzene rings is 3. The molecule has 1 amide bonds. The third kappa shape index (κ3) is 5.94. The van der Waals surface area contributed by atoms with Crippen molar-refractivity contribution in [3.63, 3.8) is 0 Å². The number of nitrogens with one attached hydrogen (secondary N) is 1. The summed E-state index contributed by atoms with van der Waals surface area (Å²) < 4.78 is 17.3. The largest absolute Gasteiger partial charge is 0.493 e. The van der Waals surface area contributed by atoms with Crippen molar-refractivity contribution in [2.24, 2.45) is 10.1 Å². The van der Waals surface area contributed by atoms with E-state index in [-0.39, 0.29) is 11.4 Å². The van der Waals surface area contributed by atoms with Crippen LogP contribution in [0.25, 0.3) is 6.08 Å². The van der Waals surface area contributed by atoms with Crippen molar-refractivity contribution in [3.05, 3.63) is 94.1 Å². The lowest BCUT2D eigenvalue weighted by atomic mass is 10.1. The Morgan fingerprint density at radius 2 is 1.73 bits per heavy atom. The van der Waals surface area contributed by atoms with Crippen LogP contribution in [0, 0.1) is 19.3 Å². The van der Waals surface area contributed by atoms with Crippen molar-refractivity contribution in [3.8, 4) is 17.2 Å². The number of thioether (sulfide) groups is 1. The predicted octanol–water partition coefficient (Wildman–Crippen LogP) is 6.00. The monoisotopic (exact) mass is 554 g/mol. The normalized spacial score (nSPS) is 15.6. The molecule has 0 saturated carbocycles. The number of hydrogen-bond acceptors (Lipinski definition) is 7. The van der Waals surface area contributed by atoms with E-state index in [1.807, 2.05) is 43.3 Å². The number of methoxy groups -OCH3 is 1. The Labute approximate surface area is 237 Å². The third-order valence-corrected chi connectivity index (χ3v) is 7.34. The van der Waals surface area contributed by atoms with E-state index in [4.69, 9.17) is 19.6 Å². The Kier molecular flexibility index (Phi) is 8.02. The van der Waals surface area contributed by atoms with Crippen LogP contribution in [-0.2, 0) is 11.2 Å². The highest BCUT2D eigenvalue weighted by Gasteiger charge is 2.36. The van der Waals surface area contributed by atoms with Gasteiger partial charge in [-0.2, -0.15) is 15.1 Å². The van der Waals surface area contributed by atoms with E-state index in [9.17, 15) is 4.79 Å². The second-order valence-electron chi connectivity index (χ2n) is 9.41. The number of carbonyl (C=O) groups is 1. The molecular formula is C31H30N4O4S. The molecule has 0 spiro atoms. The Balaban J connectivity index is 1.27. The first kappa shape index (κ1) is 27.2. The van der Waals surface area contributed by atoms with E-state index in [1.54, 1.807) is 31.4 Å². The lowest BCUT2D eigenvalue weighted by Gasteiger charge is -2.20. The predicted molar refractivity (Wildman–Crippen MR) is 160 cm³/mol. The molecule has 0 aliphatic carbocycles. The highest BCUT2D eigenvalue weighted by atomic mass is 32.2. The van der Waals surface area contributed by atoms with Crippen LogP contribution in [0.3, 0.4) is 0 Å². The molecule has 3 aromatic rings. The summed E-state index contributed by atoms with van der Waals surface area (Å²) in [5.41, 5.74) is 5.27. The van der Waals surface area contributed by atoms with Gasteiger partial charge < -0.3 is 14.2 Å². The molecule has 0 radical (unpaired) electrons. The molecule has 2 aliphatic heterocycles. The van der Waals surface area contributed by atoms with E-state index in [1.165, 1.54) is 22.3 Å². The van der Waals surface area contributed by atoms with Crippen molar-refractivity contribution in [2.45, 2.75) is 27.2 Å². The number of ether oxygens (including phenoxy) is 3. The van der Waals surface area contributed by atoms with Crippen molar-refractivity contribution in [2.75, 3.05) is 20.3 Å². The molecule has 204 valence electrons. The molecule has 0 saturated heterocycles. The summed E-state index contributed by atoms with van der Waals surface area (Å²) >= 11 is 1.28. The molecule has 0 bridgehead atoms. The first-order valence-corrected chi connectivity index (χ1v) is 13.8. The molecule has 0 fully saturated rings. The van der Waals surface area contributed by atoms with Gasteiger partial charge in [0.2, 0.25) is 5.17 Å². The van der Waals surface area contributed by atoms with Crippen molar-refractivity contribution in [1.82, 2.24) is 5.01 Å². The molecule has 3 aromatic carbocycles. The second kappa shape index (κ2) is 11.8. The van der Waals surface area contributed by atoms with Crippen LogP contribution in [-0.4, -0.2) is 47.3 Å². The smallest absolute Gasteiger partial charge is 0.283 e. The average molecular weight is 555 g/mol. The number of aliphatic imine (C=N–C) groups is 1. The van der Waals surface area contributed by atoms with Crippen LogP contribution in [0.5, 0.6) is 17.2 Å². The number of amides is 1. The van der Waals surface area contributed by atoms with Gasteiger partial charge in [-0.1, -0.05) is 48.9 Å². The van der Waals surface area contributed by atoms with Gasteiger partial charge in [-0.15, -0.1) is 0 Å². The van der Waals surface area contributed by atoms with Crippen LogP contribution < -0.4 is 14.2 Å². The number of hydrogen-bond donors (Lipinski definition) is 1. The lowest BCUT2D eigenvalue weighted by molar-refractivity contribution is -0.114. The molecule has 2 aliphatic rings. The fourth-order valence-corrected chi connectivity index (χ4v) is 5.18. The van der Waals surface area contributed by atoms with Gasteiger partial charge in [-0.3, -0.25) is 10.2 Å². The minimum atomic E-state index is -0.483. The Morgan fingerprint density at radius 3 is 2.48 bits per heavy atom. The van der Waals surface area contributed by atoms with Crippen LogP contribution in [0.2, 0.25) is 0 Å². The second-order valence-corrected chi connectivity index (χ2v) is 10.4. The van der Waals surface area contributed by atoms with Crippen molar-refractivity contribution < 1.29 is 19.0 Å². The maximum Gasteiger partial charge on any atom is 0.283 e. The highest BCUT2D eigenvalue weighted by molar-refractivity contribution is 8.27. The fraction of sp³-hybridized carbons (Fsp3) is 0.226. The molecule has 0 aromatic heterocycles. The molecule has 1 N–H and O–H groups in total. The SMILES string of the molecule is CCc1cc(C)cc(OCCOc2ccc(/C=C3/C(=N)N4N=C(c5ccc(C)cc5)SC4=NC3=O)cc2OC)c1. The third-order valence-electron chi connectivity index (χ3n) is 6.38. The van der Waals surface area contributed by atoms with Crippen molar-refractivity contribution in [1.29, 1.82) is 5.41 Å². The Hall–Kier alpha value is -4.37. The number of amidine groups is 2. The topological polar surface area (TPSA) is 96.6 Å². The van der Waals surface area contributed by atoms with Crippen LogP contribution in [0.4, 0.5) is 0 Å². The number of aryl methyl sites for hydroxylation is 3. The summed E-state index contributed by atoms with van der Waals surface area (Å²) in [5, 5.41) is 15.7. The zero-order chi connectivity index (χ0) is 28.2. The Bertz CT molecular complexity index is 1560. The number of nitrogens with zero attached hydrogens (tertiary/aromatic N) is 3. The Morgan fingerprint density at radius 1 is 0.950 bits per heavy atom. The average Bonchev–Trinajstić information content (AvgIpc) is 3.38. The van der Waals surface area contributed by atoms with Crippen molar-refractivity contribution >= 4 is 39.8 Å². The van der Waals surface area contributed by atoms with Gasteiger partial charge in [0.1, 0.15) is 24.0 Å². The maximum absolute atomic E-state index is 12.9. The number of carbonyl (C=O) groups excluding carboxylic acids is 1. The van der Waals surface area contributed by atoms with Gasteiger partial charge >= 0.3 is 0 Å². The fourth-order valence-electron chi connectivity index (χ4n) is 4.29.